The average molecular weight is 284 g/mol. The summed E-state index contributed by atoms with van der Waals surface area (Å²) in [6.07, 6.45) is 0. The van der Waals surface area contributed by atoms with Crippen molar-refractivity contribution in [3.63, 3.8) is 0 Å². The van der Waals surface area contributed by atoms with Gasteiger partial charge in [-0.1, -0.05) is 29.8 Å². The molecule has 2 aromatic rings. The topological polar surface area (TPSA) is 61.6 Å². The molecule has 0 unspecified atom stereocenters. The molecule has 0 saturated carbocycles. The minimum atomic E-state index is 0.337. The van der Waals surface area contributed by atoms with Crippen LogP contribution in [0.3, 0.4) is 0 Å². The van der Waals surface area contributed by atoms with Crippen molar-refractivity contribution in [2.45, 2.75) is 12.7 Å². The molecule has 1 heterocycles. The fraction of sp³-hybridized carbons (Fsp3) is 0.267. The first kappa shape index (κ1) is 14.4. The van der Waals surface area contributed by atoms with Gasteiger partial charge in [0.1, 0.15) is 11.9 Å². The Hall–Kier alpha value is -2.06. The van der Waals surface area contributed by atoms with Crippen molar-refractivity contribution < 1.29 is 0 Å². The van der Waals surface area contributed by atoms with E-state index in [4.69, 9.17) is 5.26 Å². The zero-order valence-corrected chi connectivity index (χ0v) is 12.2. The van der Waals surface area contributed by atoms with Gasteiger partial charge in [-0.25, -0.2) is 0 Å². The summed E-state index contributed by atoms with van der Waals surface area (Å²) in [7, 11) is 0. The quantitative estimate of drug-likeness (QED) is 0.826. The van der Waals surface area contributed by atoms with Gasteiger partial charge in [-0.3, -0.25) is 0 Å². The Kier molecular flexibility index (Phi) is 5.39. The van der Waals surface area contributed by atoms with Gasteiger partial charge < -0.3 is 5.32 Å². The molecule has 0 amide bonds. The van der Waals surface area contributed by atoms with Gasteiger partial charge in [0.2, 0.25) is 0 Å². The Balaban J connectivity index is 1.66. The molecular formula is C15H16N4S. The fourth-order valence-electron chi connectivity index (χ4n) is 1.61. The van der Waals surface area contributed by atoms with E-state index < -0.39 is 0 Å². The van der Waals surface area contributed by atoms with E-state index in [1.54, 1.807) is 12.1 Å². The van der Waals surface area contributed by atoms with Crippen LogP contribution in [-0.2, 0) is 5.75 Å². The van der Waals surface area contributed by atoms with Gasteiger partial charge in [0.15, 0.2) is 5.69 Å². The third-order valence-electron chi connectivity index (χ3n) is 2.72. The van der Waals surface area contributed by atoms with Crippen molar-refractivity contribution >= 4 is 17.6 Å². The maximum absolute atomic E-state index is 8.62. The molecule has 0 saturated heterocycles. The van der Waals surface area contributed by atoms with Gasteiger partial charge in [-0.05, 0) is 24.6 Å². The van der Waals surface area contributed by atoms with E-state index in [1.165, 1.54) is 11.1 Å². The molecule has 0 aliphatic carbocycles. The molecule has 0 spiro atoms. The van der Waals surface area contributed by atoms with Crippen LogP contribution < -0.4 is 5.32 Å². The Morgan fingerprint density at radius 2 is 1.95 bits per heavy atom. The van der Waals surface area contributed by atoms with E-state index in [-0.39, 0.29) is 0 Å². The lowest BCUT2D eigenvalue weighted by Crippen LogP contribution is -2.06. The maximum atomic E-state index is 8.62. The normalized spacial score (nSPS) is 10.0. The van der Waals surface area contributed by atoms with Crippen molar-refractivity contribution in [3.05, 3.63) is 53.2 Å². The van der Waals surface area contributed by atoms with Crippen LogP contribution in [0.25, 0.3) is 0 Å². The molecule has 0 radical (unpaired) electrons. The third kappa shape index (κ3) is 4.56. The first-order valence-electron chi connectivity index (χ1n) is 6.39. The minimum Gasteiger partial charge on any atom is -0.368 e. The highest BCUT2D eigenvalue weighted by Crippen LogP contribution is 2.12. The summed E-state index contributed by atoms with van der Waals surface area (Å²) in [6, 6.07) is 14.0. The summed E-state index contributed by atoms with van der Waals surface area (Å²) in [5.74, 6) is 2.72. The van der Waals surface area contributed by atoms with Gasteiger partial charge in [0.05, 0.1) is 0 Å². The molecular weight excluding hydrogens is 268 g/mol. The monoisotopic (exact) mass is 284 g/mol. The summed E-state index contributed by atoms with van der Waals surface area (Å²) in [5, 5.41) is 19.5. The van der Waals surface area contributed by atoms with Crippen molar-refractivity contribution in [2.24, 2.45) is 0 Å². The molecule has 0 fully saturated rings. The summed E-state index contributed by atoms with van der Waals surface area (Å²) in [5.41, 5.74) is 2.97. The average Bonchev–Trinajstić information content (AvgIpc) is 2.49. The number of hydrogen-bond acceptors (Lipinski definition) is 5. The zero-order valence-electron chi connectivity index (χ0n) is 11.3. The van der Waals surface area contributed by atoms with Crippen LogP contribution in [0, 0.1) is 18.3 Å². The molecule has 5 heteroatoms. The number of rotatable bonds is 6. The second kappa shape index (κ2) is 7.51. The molecule has 0 bridgehead atoms. The van der Waals surface area contributed by atoms with Gasteiger partial charge in [0, 0.05) is 18.1 Å². The zero-order chi connectivity index (χ0) is 14.2. The van der Waals surface area contributed by atoms with Crippen molar-refractivity contribution in [1.29, 1.82) is 5.26 Å². The lowest BCUT2D eigenvalue weighted by atomic mass is 10.2. The summed E-state index contributed by atoms with van der Waals surface area (Å²) < 4.78 is 0. The number of nitrogens with zero attached hydrogens (tertiary/aromatic N) is 3. The van der Waals surface area contributed by atoms with E-state index in [9.17, 15) is 0 Å². The predicted octanol–water partition coefficient (Wildman–Crippen LogP) is 3.00. The molecule has 102 valence electrons. The second-order valence-electron chi connectivity index (χ2n) is 4.38. The Labute approximate surface area is 123 Å². The molecule has 0 aliphatic rings. The Bertz CT molecular complexity index is 572. The lowest BCUT2D eigenvalue weighted by molar-refractivity contribution is 0.996. The van der Waals surface area contributed by atoms with Crippen molar-refractivity contribution in [2.75, 3.05) is 17.6 Å². The van der Waals surface area contributed by atoms with Gasteiger partial charge >= 0.3 is 0 Å². The summed E-state index contributed by atoms with van der Waals surface area (Å²) in [4.78, 5) is 0. The van der Waals surface area contributed by atoms with E-state index in [1.807, 2.05) is 17.8 Å². The molecule has 4 nitrogen and oxygen atoms in total. The van der Waals surface area contributed by atoms with E-state index in [2.05, 4.69) is 46.7 Å². The standard InChI is InChI=1S/C15H16N4S/c1-12-2-4-13(5-3-12)11-20-9-8-17-15-7-6-14(10-16)18-19-15/h2-7H,8-9,11H2,1H3,(H,17,19). The van der Waals surface area contributed by atoms with E-state index >= 15 is 0 Å². The second-order valence-corrected chi connectivity index (χ2v) is 5.49. The fourth-order valence-corrected chi connectivity index (χ4v) is 2.43. The number of nitrogens with one attached hydrogen (secondary N) is 1. The van der Waals surface area contributed by atoms with Crippen LogP contribution >= 0.6 is 11.8 Å². The Morgan fingerprint density at radius 1 is 1.15 bits per heavy atom. The molecule has 20 heavy (non-hydrogen) atoms. The highest BCUT2D eigenvalue weighted by atomic mass is 32.2. The minimum absolute atomic E-state index is 0.337. The summed E-state index contributed by atoms with van der Waals surface area (Å²) in [6.45, 7) is 2.93. The largest absolute Gasteiger partial charge is 0.368 e. The first-order valence-corrected chi connectivity index (χ1v) is 7.54. The van der Waals surface area contributed by atoms with Crippen molar-refractivity contribution in [3.8, 4) is 6.07 Å². The maximum Gasteiger partial charge on any atom is 0.163 e. The first-order chi connectivity index (χ1) is 9.78. The van der Waals surface area contributed by atoms with Crippen LogP contribution in [0.1, 0.15) is 16.8 Å². The Morgan fingerprint density at radius 3 is 2.60 bits per heavy atom. The number of benzene rings is 1. The molecule has 1 aromatic heterocycles. The number of anilines is 1. The molecule has 2 rings (SSSR count). The van der Waals surface area contributed by atoms with Gasteiger partial charge in [-0.15, -0.1) is 10.2 Å². The number of thioether (sulfide) groups is 1. The number of aryl methyl sites for hydroxylation is 1. The smallest absolute Gasteiger partial charge is 0.163 e. The van der Waals surface area contributed by atoms with E-state index in [0.717, 1.165) is 18.1 Å². The molecule has 0 atom stereocenters. The summed E-state index contributed by atoms with van der Waals surface area (Å²) >= 11 is 1.88. The molecule has 0 aliphatic heterocycles. The number of nitriles is 1. The number of aromatic nitrogens is 2. The molecule has 1 N–H and O–H groups in total. The highest BCUT2D eigenvalue weighted by Gasteiger charge is 1.97. The van der Waals surface area contributed by atoms with E-state index in [0.29, 0.717) is 11.5 Å². The van der Waals surface area contributed by atoms with Crippen molar-refractivity contribution in [1.82, 2.24) is 10.2 Å². The van der Waals surface area contributed by atoms with Crippen LogP contribution in [0.5, 0.6) is 0 Å². The van der Waals surface area contributed by atoms with Crippen LogP contribution in [0.2, 0.25) is 0 Å². The van der Waals surface area contributed by atoms with Crippen LogP contribution in [0.15, 0.2) is 36.4 Å². The predicted molar refractivity (Wildman–Crippen MR) is 82.6 cm³/mol. The lowest BCUT2D eigenvalue weighted by Gasteiger charge is -2.05. The van der Waals surface area contributed by atoms with Gasteiger partial charge in [0.25, 0.3) is 0 Å². The SMILES string of the molecule is Cc1ccc(CSCCNc2ccc(C#N)nn2)cc1. The molecule has 1 aromatic carbocycles. The third-order valence-corrected chi connectivity index (χ3v) is 3.75. The van der Waals surface area contributed by atoms with Crippen LogP contribution in [0.4, 0.5) is 5.82 Å². The highest BCUT2D eigenvalue weighted by molar-refractivity contribution is 7.98. The van der Waals surface area contributed by atoms with Gasteiger partial charge in [-0.2, -0.15) is 17.0 Å². The number of hydrogen-bond donors (Lipinski definition) is 1. The van der Waals surface area contributed by atoms with Crippen LogP contribution in [-0.4, -0.2) is 22.5 Å².